The normalized spacial score (nSPS) is 10.0. The molecule has 0 atom stereocenters. The fourth-order valence-electron chi connectivity index (χ4n) is 2.32. The van der Waals surface area contributed by atoms with E-state index in [-0.39, 0.29) is 34.0 Å². The molecule has 162 valence electrons. The third-order valence-corrected chi connectivity index (χ3v) is 3.79. The van der Waals surface area contributed by atoms with Crippen molar-refractivity contribution in [2.45, 2.75) is 28.1 Å². The molecular formula is C23H34O6. The highest BCUT2D eigenvalue weighted by Crippen LogP contribution is 2.11. The van der Waals surface area contributed by atoms with Gasteiger partial charge in [0, 0.05) is 12.7 Å². The number of Topliss-reactive ketones (excluding diaryl/α,β-unsaturated/α-hetero) is 1. The Bertz CT molecular complexity index is 667. The van der Waals surface area contributed by atoms with E-state index in [1.807, 2.05) is 36.4 Å². The van der Waals surface area contributed by atoms with E-state index in [9.17, 15) is 4.79 Å². The fraction of sp³-hybridized carbons (Fsp3) is 0.435. The Kier molecular flexibility index (Phi) is 14.4. The van der Waals surface area contributed by atoms with Crippen LogP contribution in [0.15, 0.2) is 48.5 Å². The molecule has 6 nitrogen and oxygen atoms in total. The molecule has 0 N–H and O–H groups in total. The maximum atomic E-state index is 12.0. The number of carbonyl (C=O) groups excluding carboxylic acids is 1. The highest BCUT2D eigenvalue weighted by molar-refractivity contribution is 5.97. The minimum absolute atomic E-state index is 0. The summed E-state index contributed by atoms with van der Waals surface area (Å²) in [6, 6.07) is 15.0. The van der Waals surface area contributed by atoms with Crippen LogP contribution in [0.1, 0.15) is 36.3 Å². The topological polar surface area (TPSA) is 63.2 Å². The summed E-state index contributed by atoms with van der Waals surface area (Å²) >= 11 is 0. The largest absolute Gasteiger partial charge is 0.497 e. The molecule has 0 fully saturated rings. The monoisotopic (exact) mass is 406 g/mol. The number of hydrogen-bond donors (Lipinski definition) is 0. The number of rotatable bonds is 13. The number of carbonyl (C=O) groups is 1. The van der Waals surface area contributed by atoms with Gasteiger partial charge in [0.1, 0.15) is 19.1 Å². The van der Waals surface area contributed by atoms with Gasteiger partial charge in [-0.05, 0) is 23.3 Å². The molecule has 2 rings (SSSR count). The SMILES string of the molecule is C.C.COCc1ccc(C(=O)COCCOCOCc2ccc(OC)cc2)cc1. The standard InChI is InChI=1S/C21H26O6.2CH4/c1-23-13-17-3-7-19(8-4-17)21(22)15-25-11-12-26-16-27-14-18-5-9-20(24-2)10-6-18;;/h3-10H,11-16H2,1-2H3;2*1H4. The zero-order chi connectivity index (χ0) is 19.3. The zero-order valence-electron chi connectivity index (χ0n) is 15.8. The van der Waals surface area contributed by atoms with Crippen molar-refractivity contribution in [3.8, 4) is 5.75 Å². The number of hydrogen-bond acceptors (Lipinski definition) is 6. The molecule has 0 saturated heterocycles. The summed E-state index contributed by atoms with van der Waals surface area (Å²) in [6.07, 6.45) is 0. The summed E-state index contributed by atoms with van der Waals surface area (Å²) in [5.41, 5.74) is 2.69. The second-order valence-corrected chi connectivity index (χ2v) is 5.83. The Morgan fingerprint density at radius 3 is 1.97 bits per heavy atom. The predicted octanol–water partition coefficient (Wildman–Crippen LogP) is 4.50. The van der Waals surface area contributed by atoms with Crippen molar-refractivity contribution < 1.29 is 28.5 Å². The third-order valence-electron chi connectivity index (χ3n) is 3.79. The van der Waals surface area contributed by atoms with E-state index in [0.717, 1.165) is 16.9 Å². The van der Waals surface area contributed by atoms with E-state index in [1.165, 1.54) is 0 Å². The van der Waals surface area contributed by atoms with E-state index >= 15 is 0 Å². The lowest BCUT2D eigenvalue weighted by Gasteiger charge is -2.07. The molecular weight excluding hydrogens is 372 g/mol. The van der Waals surface area contributed by atoms with Crippen LogP contribution < -0.4 is 4.74 Å². The molecule has 0 heterocycles. The van der Waals surface area contributed by atoms with Gasteiger partial charge in [0.05, 0.1) is 33.5 Å². The minimum atomic E-state index is -0.0604. The molecule has 0 unspecified atom stereocenters. The van der Waals surface area contributed by atoms with Crippen molar-refractivity contribution in [1.29, 1.82) is 0 Å². The molecule has 0 aliphatic carbocycles. The summed E-state index contributed by atoms with van der Waals surface area (Å²) in [5.74, 6) is 0.752. The minimum Gasteiger partial charge on any atom is -0.497 e. The molecule has 0 saturated carbocycles. The van der Waals surface area contributed by atoms with Crippen LogP contribution in [0.25, 0.3) is 0 Å². The molecule has 0 radical (unpaired) electrons. The molecule has 2 aromatic rings. The number of ketones is 1. The quantitative estimate of drug-likeness (QED) is 0.277. The van der Waals surface area contributed by atoms with E-state index in [1.54, 1.807) is 26.4 Å². The van der Waals surface area contributed by atoms with Gasteiger partial charge in [-0.3, -0.25) is 4.79 Å². The Balaban J connectivity index is 0.00000392. The predicted molar refractivity (Wildman–Crippen MR) is 114 cm³/mol. The highest BCUT2D eigenvalue weighted by Gasteiger charge is 2.06. The first-order valence-corrected chi connectivity index (χ1v) is 8.70. The summed E-state index contributed by atoms with van der Waals surface area (Å²) < 4.78 is 26.3. The number of ether oxygens (including phenoxy) is 5. The number of methoxy groups -OCH3 is 2. The molecule has 0 bridgehead atoms. The van der Waals surface area contributed by atoms with Crippen LogP contribution in [-0.4, -0.2) is 46.6 Å². The van der Waals surface area contributed by atoms with Gasteiger partial charge in [-0.25, -0.2) is 0 Å². The summed E-state index contributed by atoms with van der Waals surface area (Å²) in [7, 11) is 3.27. The van der Waals surface area contributed by atoms with E-state index in [4.69, 9.17) is 23.7 Å². The van der Waals surface area contributed by atoms with E-state index in [0.29, 0.717) is 32.0 Å². The average Bonchev–Trinajstić information content (AvgIpc) is 2.71. The Labute approximate surface area is 174 Å². The Hall–Kier alpha value is -2.25. The van der Waals surface area contributed by atoms with Crippen molar-refractivity contribution in [3.63, 3.8) is 0 Å². The van der Waals surface area contributed by atoms with Gasteiger partial charge >= 0.3 is 0 Å². The second-order valence-electron chi connectivity index (χ2n) is 5.83. The average molecular weight is 407 g/mol. The van der Waals surface area contributed by atoms with Gasteiger partial charge < -0.3 is 23.7 Å². The molecule has 6 heteroatoms. The lowest BCUT2D eigenvalue weighted by atomic mass is 10.1. The fourth-order valence-corrected chi connectivity index (χ4v) is 2.32. The molecule has 0 spiro atoms. The molecule has 2 aromatic carbocycles. The first-order chi connectivity index (χ1) is 13.2. The van der Waals surface area contributed by atoms with Gasteiger partial charge in [0.25, 0.3) is 0 Å². The summed E-state index contributed by atoms with van der Waals surface area (Å²) in [6.45, 7) is 1.89. The van der Waals surface area contributed by atoms with Crippen LogP contribution in [0, 0.1) is 0 Å². The first-order valence-electron chi connectivity index (χ1n) is 8.70. The lowest BCUT2D eigenvalue weighted by Crippen LogP contribution is -2.13. The summed E-state index contributed by atoms with van der Waals surface area (Å²) in [4.78, 5) is 12.0. The first kappa shape index (κ1) is 26.8. The summed E-state index contributed by atoms with van der Waals surface area (Å²) in [5, 5.41) is 0. The van der Waals surface area contributed by atoms with Crippen molar-refractivity contribution in [1.82, 2.24) is 0 Å². The second kappa shape index (κ2) is 15.6. The van der Waals surface area contributed by atoms with Crippen LogP contribution in [0.4, 0.5) is 0 Å². The van der Waals surface area contributed by atoms with Crippen molar-refractivity contribution in [2.24, 2.45) is 0 Å². The van der Waals surface area contributed by atoms with E-state index < -0.39 is 0 Å². The van der Waals surface area contributed by atoms with E-state index in [2.05, 4.69) is 0 Å². The van der Waals surface area contributed by atoms with Gasteiger partial charge in [-0.15, -0.1) is 0 Å². The van der Waals surface area contributed by atoms with Crippen molar-refractivity contribution >= 4 is 5.78 Å². The zero-order valence-corrected chi connectivity index (χ0v) is 15.8. The molecule has 0 aliphatic heterocycles. The van der Waals surface area contributed by atoms with Crippen LogP contribution >= 0.6 is 0 Å². The van der Waals surface area contributed by atoms with Crippen molar-refractivity contribution in [3.05, 3.63) is 65.2 Å². The van der Waals surface area contributed by atoms with Crippen molar-refractivity contribution in [2.75, 3.05) is 40.8 Å². The van der Waals surface area contributed by atoms with Gasteiger partial charge in [0.2, 0.25) is 0 Å². The van der Waals surface area contributed by atoms with Crippen LogP contribution in [0.5, 0.6) is 5.75 Å². The molecule has 0 aromatic heterocycles. The lowest BCUT2D eigenvalue weighted by molar-refractivity contribution is -0.0745. The smallest absolute Gasteiger partial charge is 0.188 e. The van der Waals surface area contributed by atoms with Gasteiger partial charge in [-0.2, -0.15) is 0 Å². The van der Waals surface area contributed by atoms with Crippen LogP contribution in [0.3, 0.4) is 0 Å². The maximum absolute atomic E-state index is 12.0. The Morgan fingerprint density at radius 1 is 0.759 bits per heavy atom. The van der Waals surface area contributed by atoms with Crippen LogP contribution in [-0.2, 0) is 32.2 Å². The third kappa shape index (κ3) is 10.2. The molecule has 0 aliphatic rings. The number of benzene rings is 2. The molecule has 0 amide bonds. The highest BCUT2D eigenvalue weighted by atomic mass is 16.7. The van der Waals surface area contributed by atoms with Gasteiger partial charge in [0.15, 0.2) is 5.78 Å². The van der Waals surface area contributed by atoms with Crippen LogP contribution in [0.2, 0.25) is 0 Å². The maximum Gasteiger partial charge on any atom is 0.188 e. The Morgan fingerprint density at radius 2 is 1.34 bits per heavy atom. The molecule has 29 heavy (non-hydrogen) atoms. The van der Waals surface area contributed by atoms with Gasteiger partial charge in [-0.1, -0.05) is 51.3 Å².